The van der Waals surface area contributed by atoms with Gasteiger partial charge in [-0.3, -0.25) is 4.68 Å². The predicted molar refractivity (Wildman–Crippen MR) is 73.6 cm³/mol. The highest BCUT2D eigenvalue weighted by Gasteiger charge is 2.12. The Kier molecular flexibility index (Phi) is 5.62. The fraction of sp³-hybridized carbons (Fsp3) is 0.727. The minimum atomic E-state index is -2.87. The smallest absolute Gasteiger partial charge is 0.147 e. The van der Waals surface area contributed by atoms with Crippen LogP contribution in [0.2, 0.25) is 5.02 Å². The van der Waals surface area contributed by atoms with E-state index in [1.165, 1.54) is 6.26 Å². The topological polar surface area (TPSA) is 64.0 Å². The minimum Gasteiger partial charge on any atom is -0.311 e. The van der Waals surface area contributed by atoms with Crippen LogP contribution < -0.4 is 5.32 Å². The van der Waals surface area contributed by atoms with E-state index >= 15 is 0 Å². The molecule has 0 saturated heterocycles. The van der Waals surface area contributed by atoms with Crippen LogP contribution >= 0.6 is 11.6 Å². The van der Waals surface area contributed by atoms with Gasteiger partial charge in [0.2, 0.25) is 0 Å². The lowest BCUT2D eigenvalue weighted by Crippen LogP contribution is -2.19. The second-order valence-electron chi connectivity index (χ2n) is 4.34. The standard InChI is InChI=1S/C11H20ClN3O2S/c1-4-9-11(12)10(15(2)14-9)8-13-6-5-7-18(3,16)17/h13H,4-8H2,1-3H3. The maximum Gasteiger partial charge on any atom is 0.147 e. The van der Waals surface area contributed by atoms with Gasteiger partial charge in [0.05, 0.1) is 22.2 Å². The molecule has 0 saturated carbocycles. The number of aryl methyl sites for hydroxylation is 2. The number of hydrogen-bond donors (Lipinski definition) is 1. The Morgan fingerprint density at radius 3 is 2.61 bits per heavy atom. The Labute approximate surface area is 113 Å². The van der Waals surface area contributed by atoms with Crippen LogP contribution in [0.25, 0.3) is 0 Å². The Balaban J connectivity index is 2.42. The molecule has 1 aromatic rings. The zero-order valence-electron chi connectivity index (χ0n) is 11.0. The molecule has 0 spiro atoms. The first-order valence-electron chi connectivity index (χ1n) is 5.93. The third kappa shape index (κ3) is 4.59. The third-order valence-corrected chi connectivity index (χ3v) is 4.13. The van der Waals surface area contributed by atoms with Gasteiger partial charge in [-0.2, -0.15) is 5.10 Å². The normalized spacial score (nSPS) is 12.0. The van der Waals surface area contributed by atoms with Crippen molar-refractivity contribution in [3.63, 3.8) is 0 Å². The van der Waals surface area contributed by atoms with Crippen molar-refractivity contribution in [3.8, 4) is 0 Å². The average Bonchev–Trinajstić information content (AvgIpc) is 2.53. The summed E-state index contributed by atoms with van der Waals surface area (Å²) in [6, 6.07) is 0. The highest BCUT2D eigenvalue weighted by Crippen LogP contribution is 2.20. The molecule has 0 aliphatic rings. The number of hydrogen-bond acceptors (Lipinski definition) is 4. The summed E-state index contributed by atoms with van der Waals surface area (Å²) in [5.74, 6) is 0.208. The fourth-order valence-electron chi connectivity index (χ4n) is 1.68. The van der Waals surface area contributed by atoms with E-state index in [0.29, 0.717) is 24.5 Å². The highest BCUT2D eigenvalue weighted by atomic mass is 35.5. The molecule has 0 aliphatic heterocycles. The van der Waals surface area contributed by atoms with Crippen LogP contribution in [0.4, 0.5) is 0 Å². The van der Waals surface area contributed by atoms with E-state index in [1.54, 1.807) is 4.68 Å². The molecule has 0 aromatic carbocycles. The SMILES string of the molecule is CCc1nn(C)c(CNCCCS(C)(=O)=O)c1Cl. The Morgan fingerprint density at radius 1 is 1.44 bits per heavy atom. The van der Waals surface area contributed by atoms with Gasteiger partial charge in [0, 0.05) is 19.8 Å². The summed E-state index contributed by atoms with van der Waals surface area (Å²) >= 11 is 6.20. The van der Waals surface area contributed by atoms with Crippen molar-refractivity contribution in [2.75, 3.05) is 18.6 Å². The van der Waals surface area contributed by atoms with Crippen molar-refractivity contribution in [2.24, 2.45) is 7.05 Å². The second kappa shape index (κ2) is 6.54. The van der Waals surface area contributed by atoms with Crippen LogP contribution in [-0.4, -0.2) is 36.8 Å². The molecule has 0 atom stereocenters. The molecule has 0 bridgehead atoms. The van der Waals surface area contributed by atoms with Crippen molar-refractivity contribution < 1.29 is 8.42 Å². The highest BCUT2D eigenvalue weighted by molar-refractivity contribution is 7.90. The second-order valence-corrected chi connectivity index (χ2v) is 6.98. The molecule has 5 nitrogen and oxygen atoms in total. The monoisotopic (exact) mass is 293 g/mol. The van der Waals surface area contributed by atoms with Crippen molar-refractivity contribution in [1.82, 2.24) is 15.1 Å². The summed E-state index contributed by atoms with van der Waals surface area (Å²) in [5.41, 5.74) is 1.83. The van der Waals surface area contributed by atoms with Crippen molar-refractivity contribution >= 4 is 21.4 Å². The van der Waals surface area contributed by atoms with E-state index in [0.717, 1.165) is 17.8 Å². The zero-order chi connectivity index (χ0) is 13.8. The van der Waals surface area contributed by atoms with E-state index in [9.17, 15) is 8.42 Å². The molecule has 18 heavy (non-hydrogen) atoms. The Bertz CT molecular complexity index is 497. The maximum absolute atomic E-state index is 11.0. The summed E-state index contributed by atoms with van der Waals surface area (Å²) in [7, 11) is -1.01. The first-order chi connectivity index (χ1) is 8.35. The molecule has 1 aromatic heterocycles. The van der Waals surface area contributed by atoms with Gasteiger partial charge in [0.1, 0.15) is 9.84 Å². The van der Waals surface area contributed by atoms with Crippen LogP contribution in [-0.2, 0) is 29.9 Å². The van der Waals surface area contributed by atoms with E-state index in [4.69, 9.17) is 11.6 Å². The minimum absolute atomic E-state index is 0.208. The molecule has 0 amide bonds. The van der Waals surface area contributed by atoms with Gasteiger partial charge in [-0.15, -0.1) is 0 Å². The lowest BCUT2D eigenvalue weighted by Gasteiger charge is -2.05. The van der Waals surface area contributed by atoms with E-state index < -0.39 is 9.84 Å². The van der Waals surface area contributed by atoms with Gasteiger partial charge < -0.3 is 5.32 Å². The first-order valence-corrected chi connectivity index (χ1v) is 8.37. The molecule has 1 rings (SSSR count). The third-order valence-electron chi connectivity index (χ3n) is 2.66. The zero-order valence-corrected chi connectivity index (χ0v) is 12.6. The Morgan fingerprint density at radius 2 is 2.11 bits per heavy atom. The largest absolute Gasteiger partial charge is 0.311 e. The summed E-state index contributed by atoms with van der Waals surface area (Å²) in [5, 5.41) is 8.20. The quantitative estimate of drug-likeness (QED) is 0.766. The van der Waals surface area contributed by atoms with Gasteiger partial charge in [0.25, 0.3) is 0 Å². The fourth-order valence-corrected chi connectivity index (χ4v) is 2.71. The first kappa shape index (κ1) is 15.5. The molecule has 7 heteroatoms. The van der Waals surface area contributed by atoms with Gasteiger partial charge >= 0.3 is 0 Å². The summed E-state index contributed by atoms with van der Waals surface area (Å²) in [6.07, 6.45) is 2.66. The number of halogens is 1. The Hall–Kier alpha value is -0.590. The molecule has 1 N–H and O–H groups in total. The van der Waals surface area contributed by atoms with E-state index in [-0.39, 0.29) is 5.75 Å². The predicted octanol–water partition coefficient (Wildman–Crippen LogP) is 1.16. The molecule has 0 radical (unpaired) electrons. The summed E-state index contributed by atoms with van der Waals surface area (Å²) in [4.78, 5) is 0. The van der Waals surface area contributed by atoms with Crippen LogP contribution in [0.5, 0.6) is 0 Å². The van der Waals surface area contributed by atoms with Gasteiger partial charge in [0.15, 0.2) is 0 Å². The van der Waals surface area contributed by atoms with Crippen LogP contribution in [0.15, 0.2) is 0 Å². The van der Waals surface area contributed by atoms with Crippen molar-refractivity contribution in [2.45, 2.75) is 26.3 Å². The van der Waals surface area contributed by atoms with E-state index in [1.807, 2.05) is 14.0 Å². The average molecular weight is 294 g/mol. The number of sulfone groups is 1. The molecule has 1 heterocycles. The van der Waals surface area contributed by atoms with E-state index in [2.05, 4.69) is 10.4 Å². The van der Waals surface area contributed by atoms with Crippen molar-refractivity contribution in [3.05, 3.63) is 16.4 Å². The molecular formula is C11H20ClN3O2S. The molecule has 0 fully saturated rings. The van der Waals surface area contributed by atoms with Gasteiger partial charge in [-0.1, -0.05) is 18.5 Å². The molecular weight excluding hydrogens is 274 g/mol. The van der Waals surface area contributed by atoms with Crippen LogP contribution in [0.1, 0.15) is 24.7 Å². The summed E-state index contributed by atoms with van der Waals surface area (Å²) < 4.78 is 23.7. The number of nitrogens with zero attached hydrogens (tertiary/aromatic N) is 2. The molecule has 104 valence electrons. The summed E-state index contributed by atoms with van der Waals surface area (Å²) in [6.45, 7) is 3.26. The van der Waals surface area contributed by atoms with Gasteiger partial charge in [-0.25, -0.2) is 8.42 Å². The lowest BCUT2D eigenvalue weighted by atomic mass is 10.3. The molecule has 0 unspecified atom stereocenters. The lowest BCUT2D eigenvalue weighted by molar-refractivity contribution is 0.589. The molecule has 0 aliphatic carbocycles. The van der Waals surface area contributed by atoms with Gasteiger partial charge in [-0.05, 0) is 19.4 Å². The maximum atomic E-state index is 11.0. The van der Waals surface area contributed by atoms with Crippen LogP contribution in [0.3, 0.4) is 0 Å². The number of rotatable bonds is 7. The number of aromatic nitrogens is 2. The van der Waals surface area contributed by atoms with Crippen LogP contribution in [0, 0.1) is 0 Å². The number of nitrogens with one attached hydrogen (secondary N) is 1. The van der Waals surface area contributed by atoms with Crippen molar-refractivity contribution in [1.29, 1.82) is 0 Å².